The van der Waals surface area contributed by atoms with E-state index in [9.17, 15) is 0 Å². The number of aryl methyl sites for hydroxylation is 1. The lowest BCUT2D eigenvalue weighted by Gasteiger charge is -2.07. The van der Waals surface area contributed by atoms with Crippen LogP contribution in [0.2, 0.25) is 0 Å². The summed E-state index contributed by atoms with van der Waals surface area (Å²) in [4.78, 5) is 9.94. The number of guanidine groups is 1. The SMILES string of the molecule is CCCCNC(=NCc1ncc(CC)s1)NN. The van der Waals surface area contributed by atoms with Crippen molar-refractivity contribution in [2.24, 2.45) is 10.8 Å². The zero-order chi connectivity index (χ0) is 12.5. The van der Waals surface area contributed by atoms with Crippen LogP contribution in [-0.2, 0) is 13.0 Å². The van der Waals surface area contributed by atoms with Gasteiger partial charge in [-0.3, -0.25) is 5.43 Å². The molecule has 0 aliphatic rings. The number of aliphatic imine (C=N–C) groups is 1. The average molecular weight is 255 g/mol. The van der Waals surface area contributed by atoms with E-state index in [4.69, 9.17) is 5.84 Å². The summed E-state index contributed by atoms with van der Waals surface area (Å²) in [7, 11) is 0. The molecule has 0 aromatic carbocycles. The van der Waals surface area contributed by atoms with Crippen molar-refractivity contribution >= 4 is 17.3 Å². The maximum Gasteiger partial charge on any atom is 0.206 e. The van der Waals surface area contributed by atoms with E-state index in [0.717, 1.165) is 30.8 Å². The van der Waals surface area contributed by atoms with Crippen LogP contribution in [0.1, 0.15) is 36.6 Å². The van der Waals surface area contributed by atoms with Gasteiger partial charge >= 0.3 is 0 Å². The Morgan fingerprint density at radius 1 is 1.53 bits per heavy atom. The van der Waals surface area contributed by atoms with Gasteiger partial charge in [0.25, 0.3) is 0 Å². The zero-order valence-corrected chi connectivity index (χ0v) is 11.3. The number of hydrogen-bond acceptors (Lipinski definition) is 4. The summed E-state index contributed by atoms with van der Waals surface area (Å²) >= 11 is 1.70. The predicted molar refractivity (Wildman–Crippen MR) is 72.9 cm³/mol. The van der Waals surface area contributed by atoms with Crippen molar-refractivity contribution < 1.29 is 0 Å². The van der Waals surface area contributed by atoms with Gasteiger partial charge in [0.2, 0.25) is 5.96 Å². The molecule has 0 radical (unpaired) electrons. The van der Waals surface area contributed by atoms with Crippen LogP contribution in [0.25, 0.3) is 0 Å². The maximum absolute atomic E-state index is 5.39. The molecule has 1 aromatic heterocycles. The Morgan fingerprint density at radius 3 is 2.94 bits per heavy atom. The third-order valence-corrected chi connectivity index (χ3v) is 3.41. The van der Waals surface area contributed by atoms with Gasteiger partial charge < -0.3 is 5.32 Å². The molecule has 1 aromatic rings. The summed E-state index contributed by atoms with van der Waals surface area (Å²) in [5.41, 5.74) is 2.57. The number of thiazole rings is 1. The minimum Gasteiger partial charge on any atom is -0.355 e. The Morgan fingerprint density at radius 2 is 2.35 bits per heavy atom. The van der Waals surface area contributed by atoms with Crippen LogP contribution in [-0.4, -0.2) is 17.5 Å². The maximum atomic E-state index is 5.39. The monoisotopic (exact) mass is 255 g/mol. The fraction of sp³-hybridized carbons (Fsp3) is 0.636. The van der Waals surface area contributed by atoms with E-state index in [-0.39, 0.29) is 0 Å². The average Bonchev–Trinajstić information content (AvgIpc) is 2.81. The molecule has 0 aliphatic carbocycles. The molecule has 0 saturated carbocycles. The van der Waals surface area contributed by atoms with Crippen LogP contribution >= 0.6 is 11.3 Å². The fourth-order valence-electron chi connectivity index (χ4n) is 1.27. The summed E-state index contributed by atoms with van der Waals surface area (Å²) in [6.45, 7) is 5.73. The largest absolute Gasteiger partial charge is 0.355 e. The van der Waals surface area contributed by atoms with Gasteiger partial charge in [-0.15, -0.1) is 11.3 Å². The molecule has 4 N–H and O–H groups in total. The van der Waals surface area contributed by atoms with E-state index in [1.165, 1.54) is 4.88 Å². The van der Waals surface area contributed by atoms with Crippen molar-refractivity contribution in [3.05, 3.63) is 16.1 Å². The number of nitrogens with zero attached hydrogens (tertiary/aromatic N) is 2. The zero-order valence-electron chi connectivity index (χ0n) is 10.5. The molecule has 0 aliphatic heterocycles. The van der Waals surface area contributed by atoms with E-state index in [0.29, 0.717) is 12.5 Å². The summed E-state index contributed by atoms with van der Waals surface area (Å²) in [6, 6.07) is 0. The van der Waals surface area contributed by atoms with Gasteiger partial charge in [0.1, 0.15) is 5.01 Å². The van der Waals surface area contributed by atoms with E-state index < -0.39 is 0 Å². The van der Waals surface area contributed by atoms with Gasteiger partial charge in [-0.2, -0.15) is 0 Å². The molecule has 17 heavy (non-hydrogen) atoms. The van der Waals surface area contributed by atoms with Crippen LogP contribution < -0.4 is 16.6 Å². The number of nitrogens with two attached hydrogens (primary N) is 1. The molecule has 0 unspecified atom stereocenters. The molecule has 0 atom stereocenters. The second kappa shape index (κ2) is 8.03. The molecule has 5 nitrogen and oxygen atoms in total. The lowest BCUT2D eigenvalue weighted by atomic mass is 10.3. The van der Waals surface area contributed by atoms with E-state index >= 15 is 0 Å². The van der Waals surface area contributed by atoms with E-state index in [1.54, 1.807) is 11.3 Å². The van der Waals surface area contributed by atoms with Crippen LogP contribution in [0.4, 0.5) is 0 Å². The van der Waals surface area contributed by atoms with Gasteiger partial charge in [0.05, 0.1) is 6.54 Å². The van der Waals surface area contributed by atoms with Crippen LogP contribution in [0.3, 0.4) is 0 Å². The molecule has 1 rings (SSSR count). The number of aromatic nitrogens is 1. The van der Waals surface area contributed by atoms with Gasteiger partial charge in [-0.1, -0.05) is 20.3 Å². The van der Waals surface area contributed by atoms with Crippen molar-refractivity contribution in [1.29, 1.82) is 0 Å². The normalized spacial score (nSPS) is 11.6. The molecule has 0 saturated heterocycles. The number of rotatable bonds is 6. The minimum atomic E-state index is 0.573. The topological polar surface area (TPSA) is 75.3 Å². The number of hydrazine groups is 1. The third kappa shape index (κ3) is 5.14. The Kier molecular flexibility index (Phi) is 6.57. The molecule has 1 heterocycles. The number of nitrogens with one attached hydrogen (secondary N) is 2. The fourth-order valence-corrected chi connectivity index (χ4v) is 2.05. The second-order valence-electron chi connectivity index (χ2n) is 3.66. The molecular formula is C11H21N5S. The Bertz CT molecular complexity index is 347. The summed E-state index contributed by atoms with van der Waals surface area (Å²) < 4.78 is 0. The quantitative estimate of drug-likeness (QED) is 0.236. The van der Waals surface area contributed by atoms with Gasteiger partial charge in [-0.05, 0) is 12.8 Å². The summed E-state index contributed by atoms with van der Waals surface area (Å²) in [5.74, 6) is 6.02. The predicted octanol–water partition coefficient (Wildman–Crippen LogP) is 1.41. The smallest absolute Gasteiger partial charge is 0.206 e. The van der Waals surface area contributed by atoms with E-state index in [2.05, 4.69) is 34.6 Å². The first kappa shape index (κ1) is 13.9. The lowest BCUT2D eigenvalue weighted by Crippen LogP contribution is -2.41. The number of unbranched alkanes of at least 4 members (excludes halogenated alkanes) is 1. The van der Waals surface area contributed by atoms with Crippen molar-refractivity contribution in [2.45, 2.75) is 39.7 Å². The van der Waals surface area contributed by atoms with Gasteiger partial charge in [0, 0.05) is 17.6 Å². The first-order valence-electron chi connectivity index (χ1n) is 5.98. The molecule has 0 fully saturated rings. The highest BCUT2D eigenvalue weighted by Crippen LogP contribution is 2.13. The minimum absolute atomic E-state index is 0.573. The molecule has 0 amide bonds. The lowest BCUT2D eigenvalue weighted by molar-refractivity contribution is 0.731. The Labute approximate surface area is 107 Å². The molecular weight excluding hydrogens is 234 g/mol. The molecule has 0 spiro atoms. The van der Waals surface area contributed by atoms with Crippen molar-refractivity contribution in [3.8, 4) is 0 Å². The van der Waals surface area contributed by atoms with Crippen LogP contribution in [0.5, 0.6) is 0 Å². The first-order chi connectivity index (χ1) is 8.30. The highest BCUT2D eigenvalue weighted by molar-refractivity contribution is 7.11. The standard InChI is InChI=1S/C11H21N5S/c1-3-5-6-13-11(16-12)15-8-10-14-7-9(4-2)17-10/h7H,3-6,8,12H2,1-2H3,(H2,13,15,16). The summed E-state index contributed by atoms with van der Waals surface area (Å²) in [5, 5.41) is 4.17. The van der Waals surface area contributed by atoms with Crippen LogP contribution in [0, 0.1) is 0 Å². The number of hydrogen-bond donors (Lipinski definition) is 3. The Hall–Kier alpha value is -1.14. The van der Waals surface area contributed by atoms with Crippen molar-refractivity contribution in [2.75, 3.05) is 6.54 Å². The van der Waals surface area contributed by atoms with Crippen molar-refractivity contribution in [3.63, 3.8) is 0 Å². The molecule has 96 valence electrons. The Balaban J connectivity index is 2.43. The summed E-state index contributed by atoms with van der Waals surface area (Å²) in [6.07, 6.45) is 5.20. The third-order valence-electron chi connectivity index (χ3n) is 2.28. The highest BCUT2D eigenvalue weighted by atomic mass is 32.1. The van der Waals surface area contributed by atoms with Crippen molar-refractivity contribution in [1.82, 2.24) is 15.7 Å². The van der Waals surface area contributed by atoms with Crippen LogP contribution in [0.15, 0.2) is 11.2 Å². The second-order valence-corrected chi connectivity index (χ2v) is 4.86. The van der Waals surface area contributed by atoms with Gasteiger partial charge in [0.15, 0.2) is 0 Å². The first-order valence-corrected chi connectivity index (χ1v) is 6.80. The van der Waals surface area contributed by atoms with Gasteiger partial charge in [-0.25, -0.2) is 15.8 Å². The van der Waals surface area contributed by atoms with E-state index in [1.807, 2.05) is 6.20 Å². The highest BCUT2D eigenvalue weighted by Gasteiger charge is 2.00. The molecule has 0 bridgehead atoms. The molecule has 6 heteroatoms.